The third-order valence-corrected chi connectivity index (χ3v) is 6.87. The van der Waals surface area contributed by atoms with E-state index in [1.807, 2.05) is 0 Å². The van der Waals surface area contributed by atoms with Gasteiger partial charge in [-0.25, -0.2) is 12.8 Å². The van der Waals surface area contributed by atoms with Crippen molar-refractivity contribution in [1.29, 1.82) is 0 Å². The first kappa shape index (κ1) is 17.2. The van der Waals surface area contributed by atoms with Crippen molar-refractivity contribution in [3.8, 4) is 0 Å². The van der Waals surface area contributed by atoms with Gasteiger partial charge in [-0.15, -0.1) is 23.2 Å². The molecule has 1 saturated heterocycles. The molecule has 1 aliphatic heterocycles. The van der Waals surface area contributed by atoms with Crippen LogP contribution in [0, 0.1) is 11.7 Å². The number of morpholine rings is 1. The molecule has 1 aromatic carbocycles. The molecule has 2 aliphatic rings. The van der Waals surface area contributed by atoms with Gasteiger partial charge < -0.3 is 10.1 Å². The fraction of sp³-hybridized carbons (Fsp3) is 0.571. The lowest BCUT2D eigenvalue weighted by atomic mass is 10.3. The number of hydrogen-bond donors (Lipinski definition) is 1. The van der Waals surface area contributed by atoms with Gasteiger partial charge in [0.2, 0.25) is 10.0 Å². The zero-order valence-electron chi connectivity index (χ0n) is 12.3. The summed E-state index contributed by atoms with van der Waals surface area (Å²) >= 11 is 11.9. The first-order valence-electron chi connectivity index (χ1n) is 7.30. The normalized spacial score (nSPS) is 24.4. The molecule has 1 N–H and O–H groups in total. The van der Waals surface area contributed by atoms with Crippen LogP contribution in [0.5, 0.6) is 0 Å². The molecule has 0 amide bonds. The number of anilines is 1. The van der Waals surface area contributed by atoms with Crippen molar-refractivity contribution in [1.82, 2.24) is 4.31 Å². The number of rotatable bonds is 5. The van der Waals surface area contributed by atoms with Crippen molar-refractivity contribution in [3.63, 3.8) is 0 Å². The van der Waals surface area contributed by atoms with Crippen LogP contribution in [0.1, 0.15) is 6.42 Å². The maximum Gasteiger partial charge on any atom is 0.246 e. The Hall–Kier alpha value is -0.600. The van der Waals surface area contributed by atoms with E-state index in [2.05, 4.69) is 5.32 Å². The number of sulfonamides is 1. The molecule has 5 nitrogen and oxygen atoms in total. The van der Waals surface area contributed by atoms with Crippen molar-refractivity contribution in [3.05, 3.63) is 24.0 Å². The lowest BCUT2D eigenvalue weighted by Gasteiger charge is -2.26. The van der Waals surface area contributed by atoms with E-state index in [4.69, 9.17) is 27.9 Å². The third-order valence-electron chi connectivity index (χ3n) is 4.03. The Morgan fingerprint density at radius 2 is 2.00 bits per heavy atom. The molecule has 2 fully saturated rings. The molecule has 0 aromatic heterocycles. The molecule has 1 atom stereocenters. The van der Waals surface area contributed by atoms with E-state index in [1.165, 1.54) is 16.4 Å². The van der Waals surface area contributed by atoms with Crippen LogP contribution in [0.3, 0.4) is 0 Å². The Labute approximate surface area is 144 Å². The van der Waals surface area contributed by atoms with Crippen LogP contribution >= 0.6 is 23.2 Å². The van der Waals surface area contributed by atoms with E-state index < -0.39 is 20.2 Å². The number of hydrogen-bond acceptors (Lipinski definition) is 4. The van der Waals surface area contributed by atoms with Crippen molar-refractivity contribution in [2.45, 2.75) is 15.6 Å². The van der Waals surface area contributed by atoms with Crippen LogP contribution in [0.4, 0.5) is 10.1 Å². The van der Waals surface area contributed by atoms with Gasteiger partial charge in [0, 0.05) is 31.2 Å². The van der Waals surface area contributed by atoms with E-state index in [-0.39, 0.29) is 23.9 Å². The van der Waals surface area contributed by atoms with Crippen LogP contribution in [0.15, 0.2) is 23.1 Å². The number of alkyl halides is 2. The van der Waals surface area contributed by atoms with Gasteiger partial charge in [-0.3, -0.25) is 0 Å². The quantitative estimate of drug-likeness (QED) is 0.794. The summed E-state index contributed by atoms with van der Waals surface area (Å²) in [5.74, 6) is -0.660. The number of nitrogens with one attached hydrogen (secondary N) is 1. The molecule has 1 heterocycles. The minimum atomic E-state index is -3.87. The zero-order valence-corrected chi connectivity index (χ0v) is 14.6. The molecular weight excluding hydrogens is 366 g/mol. The molecule has 23 heavy (non-hydrogen) atoms. The summed E-state index contributed by atoms with van der Waals surface area (Å²) in [6, 6.07) is 3.96. The molecule has 1 aliphatic carbocycles. The van der Waals surface area contributed by atoms with Gasteiger partial charge in [0.25, 0.3) is 0 Å². The van der Waals surface area contributed by atoms with Crippen LogP contribution in [0.25, 0.3) is 0 Å². The van der Waals surface area contributed by atoms with Gasteiger partial charge in [0.15, 0.2) is 0 Å². The van der Waals surface area contributed by atoms with E-state index in [9.17, 15) is 12.8 Å². The molecule has 3 rings (SSSR count). The minimum absolute atomic E-state index is 0.107. The summed E-state index contributed by atoms with van der Waals surface area (Å²) in [5.41, 5.74) is 0.522. The van der Waals surface area contributed by atoms with Gasteiger partial charge >= 0.3 is 0 Å². The largest absolute Gasteiger partial charge is 0.385 e. The smallest absolute Gasteiger partial charge is 0.246 e. The summed E-state index contributed by atoms with van der Waals surface area (Å²) < 4.78 is 44.9. The monoisotopic (exact) mass is 382 g/mol. The van der Waals surface area contributed by atoms with Gasteiger partial charge in [-0.05, 0) is 24.6 Å². The van der Waals surface area contributed by atoms with E-state index >= 15 is 0 Å². The molecular formula is C14H17Cl2FN2O3S. The lowest BCUT2D eigenvalue weighted by Crippen LogP contribution is -2.40. The maximum atomic E-state index is 14.0. The Morgan fingerprint density at radius 3 is 2.61 bits per heavy atom. The van der Waals surface area contributed by atoms with E-state index in [0.717, 1.165) is 6.07 Å². The Balaban J connectivity index is 1.77. The van der Waals surface area contributed by atoms with Crippen LogP contribution in [-0.4, -0.2) is 49.9 Å². The van der Waals surface area contributed by atoms with E-state index in [0.29, 0.717) is 31.9 Å². The highest BCUT2D eigenvalue weighted by atomic mass is 35.5. The molecule has 1 aromatic rings. The number of halogens is 3. The first-order valence-corrected chi connectivity index (χ1v) is 9.49. The molecule has 0 unspecified atom stereocenters. The molecule has 0 bridgehead atoms. The summed E-state index contributed by atoms with van der Waals surface area (Å²) in [4.78, 5) is -0.330. The summed E-state index contributed by atoms with van der Waals surface area (Å²) in [5, 5.41) is 3.06. The second kappa shape index (κ2) is 6.37. The first-order chi connectivity index (χ1) is 10.8. The standard InChI is InChI=1S/C14H17Cl2FN2O3S/c15-14(16)8-10(14)9-18-11-1-2-12(17)13(7-11)23(20,21)19-3-5-22-6-4-19/h1-2,7,10,18H,3-6,8-9H2/t10-/m0/s1. The highest BCUT2D eigenvalue weighted by molar-refractivity contribution is 7.89. The fourth-order valence-electron chi connectivity index (χ4n) is 2.47. The molecule has 9 heteroatoms. The van der Waals surface area contributed by atoms with Crippen molar-refractivity contribution in [2.75, 3.05) is 38.2 Å². The van der Waals surface area contributed by atoms with Crippen molar-refractivity contribution in [2.24, 2.45) is 5.92 Å². The minimum Gasteiger partial charge on any atom is -0.385 e. The third kappa shape index (κ3) is 3.74. The Bertz CT molecular complexity index is 693. The zero-order chi connectivity index (χ0) is 16.7. The van der Waals surface area contributed by atoms with Crippen molar-refractivity contribution < 1.29 is 17.5 Å². The van der Waals surface area contributed by atoms with Crippen LogP contribution < -0.4 is 5.32 Å². The highest BCUT2D eigenvalue weighted by Crippen LogP contribution is 2.52. The molecule has 0 radical (unpaired) electrons. The second-order valence-corrected chi connectivity index (χ2v) is 9.15. The molecule has 0 spiro atoms. The highest BCUT2D eigenvalue weighted by Gasteiger charge is 2.51. The van der Waals surface area contributed by atoms with Crippen LogP contribution in [0.2, 0.25) is 0 Å². The maximum absolute atomic E-state index is 14.0. The van der Waals surface area contributed by atoms with Gasteiger partial charge in [0.1, 0.15) is 15.0 Å². The SMILES string of the molecule is O=S(=O)(c1cc(NC[C@@H]2CC2(Cl)Cl)ccc1F)N1CCOCC1. The summed E-state index contributed by atoms with van der Waals surface area (Å²) in [7, 11) is -3.87. The Morgan fingerprint density at radius 1 is 1.35 bits per heavy atom. The molecule has 1 saturated carbocycles. The topological polar surface area (TPSA) is 58.6 Å². The summed E-state index contributed by atoms with van der Waals surface area (Å²) in [6.07, 6.45) is 0.684. The fourth-order valence-corrected chi connectivity index (χ4v) is 4.49. The lowest BCUT2D eigenvalue weighted by molar-refractivity contribution is 0.0729. The number of ether oxygens (including phenoxy) is 1. The Kier molecular flexibility index (Phi) is 4.77. The average molecular weight is 383 g/mol. The van der Waals surface area contributed by atoms with Gasteiger partial charge in [-0.2, -0.15) is 4.31 Å². The predicted octanol–water partition coefficient (Wildman–Crippen LogP) is 2.45. The number of nitrogens with zero attached hydrogens (tertiary/aromatic N) is 1. The number of benzene rings is 1. The van der Waals surface area contributed by atoms with Gasteiger partial charge in [0.05, 0.1) is 13.2 Å². The van der Waals surface area contributed by atoms with Crippen LogP contribution in [-0.2, 0) is 14.8 Å². The van der Waals surface area contributed by atoms with Crippen molar-refractivity contribution >= 4 is 38.9 Å². The molecule has 128 valence electrons. The average Bonchev–Trinajstić information content (AvgIpc) is 3.14. The summed E-state index contributed by atoms with van der Waals surface area (Å²) in [6.45, 7) is 1.59. The second-order valence-electron chi connectivity index (χ2n) is 5.70. The predicted molar refractivity (Wildman–Crippen MR) is 87.0 cm³/mol. The van der Waals surface area contributed by atoms with Gasteiger partial charge in [-0.1, -0.05) is 0 Å². The van der Waals surface area contributed by atoms with E-state index in [1.54, 1.807) is 0 Å².